The van der Waals surface area contributed by atoms with E-state index in [1.54, 1.807) is 27.4 Å². The number of methoxy groups -OCH3 is 3. The average Bonchev–Trinajstić information content (AvgIpc) is 3.47. The van der Waals surface area contributed by atoms with Gasteiger partial charge in [0.1, 0.15) is 29.4 Å². The normalized spacial score (nSPS) is 18.4. The fourth-order valence-electron chi connectivity index (χ4n) is 5.99. The van der Waals surface area contributed by atoms with Crippen LogP contribution in [0.1, 0.15) is 22.3 Å². The molecule has 1 aliphatic rings. The van der Waals surface area contributed by atoms with Gasteiger partial charge in [0.15, 0.2) is 0 Å². The third kappa shape index (κ3) is 4.72. The van der Waals surface area contributed by atoms with Gasteiger partial charge < -0.3 is 23.5 Å². The standard InChI is InChI=1S/C34H35BO5/c1-5-30(36-2)35-39-31(33(37-3,26-18-10-6-11-19-26)27-20-12-7-13-21-27)32(40-35)34(38-4,28-22-14-8-15-23-28)29-24-16-9-17-25-29/h5-25,30-32H,1H2,2-4H3/t30-,31+,32+/m0/s1. The van der Waals surface area contributed by atoms with Gasteiger partial charge in [-0.3, -0.25) is 0 Å². The highest BCUT2D eigenvalue weighted by Crippen LogP contribution is 2.50. The zero-order valence-corrected chi connectivity index (χ0v) is 23.2. The van der Waals surface area contributed by atoms with Crippen molar-refractivity contribution in [2.24, 2.45) is 0 Å². The molecule has 0 unspecified atom stereocenters. The molecular formula is C34H35BO5. The lowest BCUT2D eigenvalue weighted by Gasteiger charge is -2.46. The van der Waals surface area contributed by atoms with Crippen LogP contribution in [-0.4, -0.2) is 46.7 Å². The number of rotatable bonds is 11. The van der Waals surface area contributed by atoms with Crippen LogP contribution in [0.5, 0.6) is 0 Å². The molecule has 0 bridgehead atoms. The maximum absolute atomic E-state index is 6.91. The first-order chi connectivity index (χ1) is 19.6. The predicted molar refractivity (Wildman–Crippen MR) is 158 cm³/mol. The smallest absolute Gasteiger partial charge is 0.400 e. The molecule has 5 rings (SSSR count). The van der Waals surface area contributed by atoms with E-state index in [0.29, 0.717) is 0 Å². The maximum atomic E-state index is 6.91. The molecule has 0 aromatic heterocycles. The second kappa shape index (κ2) is 12.3. The van der Waals surface area contributed by atoms with Crippen molar-refractivity contribution < 1.29 is 23.5 Å². The molecule has 0 radical (unpaired) electrons. The average molecular weight is 534 g/mol. The number of hydrogen-bond donors (Lipinski definition) is 0. The van der Waals surface area contributed by atoms with Crippen molar-refractivity contribution in [3.63, 3.8) is 0 Å². The van der Waals surface area contributed by atoms with Gasteiger partial charge >= 0.3 is 7.12 Å². The summed E-state index contributed by atoms with van der Waals surface area (Å²) < 4.78 is 32.8. The number of hydrogen-bond acceptors (Lipinski definition) is 5. The van der Waals surface area contributed by atoms with Crippen LogP contribution in [0.2, 0.25) is 0 Å². The molecule has 1 heterocycles. The van der Waals surface area contributed by atoms with E-state index in [4.69, 9.17) is 23.5 Å². The SMILES string of the molecule is C=C[C@H](OC)B1O[C@@H](C(OC)(c2ccccc2)c2ccccc2)[C@H](C(OC)(c2ccccc2)c2ccccc2)O1. The quantitative estimate of drug-likeness (QED) is 0.170. The molecule has 0 amide bonds. The summed E-state index contributed by atoms with van der Waals surface area (Å²) in [6, 6.07) is 40.0. The molecule has 40 heavy (non-hydrogen) atoms. The van der Waals surface area contributed by atoms with Crippen molar-refractivity contribution >= 4 is 7.12 Å². The van der Waals surface area contributed by atoms with Gasteiger partial charge in [0.2, 0.25) is 0 Å². The second-order valence-corrected chi connectivity index (χ2v) is 9.76. The van der Waals surface area contributed by atoms with E-state index >= 15 is 0 Å². The zero-order valence-electron chi connectivity index (χ0n) is 23.2. The van der Waals surface area contributed by atoms with Gasteiger partial charge in [-0.15, -0.1) is 6.58 Å². The number of benzene rings is 4. The van der Waals surface area contributed by atoms with Crippen molar-refractivity contribution in [2.45, 2.75) is 29.4 Å². The Hall–Kier alpha value is -3.52. The Morgan fingerprint density at radius 2 is 0.900 bits per heavy atom. The molecule has 4 aromatic rings. The van der Waals surface area contributed by atoms with Crippen LogP contribution < -0.4 is 0 Å². The van der Waals surface area contributed by atoms with Crippen molar-refractivity contribution in [1.29, 1.82) is 0 Å². The highest BCUT2D eigenvalue weighted by Gasteiger charge is 2.62. The molecule has 0 spiro atoms. The molecule has 5 nitrogen and oxygen atoms in total. The van der Waals surface area contributed by atoms with E-state index in [1.165, 1.54) is 0 Å². The zero-order chi connectivity index (χ0) is 28.0. The predicted octanol–water partition coefficient (Wildman–Crippen LogP) is 6.18. The Balaban J connectivity index is 1.82. The first-order valence-corrected chi connectivity index (χ1v) is 13.4. The summed E-state index contributed by atoms with van der Waals surface area (Å²) in [5.41, 5.74) is 1.61. The topological polar surface area (TPSA) is 46.2 Å². The summed E-state index contributed by atoms with van der Waals surface area (Å²) in [5.74, 6) is 0. The molecule has 6 heteroatoms. The molecule has 1 aliphatic heterocycles. The molecule has 1 fully saturated rings. The minimum Gasteiger partial charge on any atom is -0.400 e. The Morgan fingerprint density at radius 1 is 0.600 bits per heavy atom. The van der Waals surface area contributed by atoms with Crippen LogP contribution in [0.3, 0.4) is 0 Å². The molecular weight excluding hydrogens is 499 g/mol. The van der Waals surface area contributed by atoms with Crippen LogP contribution in [0.4, 0.5) is 0 Å². The lowest BCUT2D eigenvalue weighted by molar-refractivity contribution is -0.136. The minimum absolute atomic E-state index is 0.519. The molecule has 0 saturated carbocycles. The fourth-order valence-corrected chi connectivity index (χ4v) is 5.99. The third-order valence-corrected chi connectivity index (χ3v) is 7.87. The minimum atomic E-state index is -1.06. The van der Waals surface area contributed by atoms with Gasteiger partial charge in [-0.1, -0.05) is 127 Å². The third-order valence-electron chi connectivity index (χ3n) is 7.87. The first-order valence-electron chi connectivity index (χ1n) is 13.4. The van der Waals surface area contributed by atoms with E-state index in [1.807, 2.05) is 72.8 Å². The first kappa shape index (κ1) is 28.0. The van der Waals surface area contributed by atoms with Crippen molar-refractivity contribution in [3.05, 3.63) is 156 Å². The Kier molecular flexibility index (Phi) is 8.65. The molecule has 204 valence electrons. The summed E-state index contributed by atoms with van der Waals surface area (Å²) in [6.45, 7) is 3.98. The lowest BCUT2D eigenvalue weighted by Crippen LogP contribution is -2.56. The Labute approximate surface area is 237 Å². The van der Waals surface area contributed by atoms with Crippen LogP contribution >= 0.6 is 0 Å². The van der Waals surface area contributed by atoms with Gasteiger partial charge in [0, 0.05) is 21.3 Å². The van der Waals surface area contributed by atoms with Crippen molar-refractivity contribution in [1.82, 2.24) is 0 Å². The van der Waals surface area contributed by atoms with E-state index < -0.39 is 36.5 Å². The summed E-state index contributed by atoms with van der Waals surface area (Å²) in [4.78, 5) is 0. The van der Waals surface area contributed by atoms with E-state index in [2.05, 4.69) is 55.1 Å². The Bertz CT molecular complexity index is 1170. The molecule has 1 saturated heterocycles. The highest BCUT2D eigenvalue weighted by atomic mass is 16.7. The molecule has 3 atom stereocenters. The van der Waals surface area contributed by atoms with Gasteiger partial charge in [0.25, 0.3) is 0 Å². The summed E-state index contributed by atoms with van der Waals surface area (Å²) in [5, 5.41) is 0. The van der Waals surface area contributed by atoms with Crippen LogP contribution in [0.25, 0.3) is 0 Å². The fraction of sp³-hybridized carbons (Fsp3) is 0.235. The van der Waals surface area contributed by atoms with Gasteiger partial charge in [-0.2, -0.15) is 0 Å². The summed E-state index contributed by atoms with van der Waals surface area (Å²) >= 11 is 0. The van der Waals surface area contributed by atoms with E-state index in [0.717, 1.165) is 22.3 Å². The van der Waals surface area contributed by atoms with Crippen molar-refractivity contribution in [3.8, 4) is 0 Å². The summed E-state index contributed by atoms with van der Waals surface area (Å²) in [7, 11) is 4.29. The van der Waals surface area contributed by atoms with Gasteiger partial charge in [0.05, 0.1) is 0 Å². The highest BCUT2D eigenvalue weighted by molar-refractivity contribution is 6.47. The monoisotopic (exact) mass is 534 g/mol. The lowest BCUT2D eigenvalue weighted by atomic mass is 9.71. The Morgan fingerprint density at radius 3 is 1.12 bits per heavy atom. The van der Waals surface area contributed by atoms with Gasteiger partial charge in [-0.25, -0.2) is 0 Å². The van der Waals surface area contributed by atoms with Crippen LogP contribution in [0, 0.1) is 0 Å². The van der Waals surface area contributed by atoms with Crippen molar-refractivity contribution in [2.75, 3.05) is 21.3 Å². The molecule has 0 aliphatic carbocycles. The number of ether oxygens (including phenoxy) is 3. The maximum Gasteiger partial charge on any atom is 0.492 e. The summed E-state index contributed by atoms with van der Waals surface area (Å²) in [6.07, 6.45) is 0.346. The largest absolute Gasteiger partial charge is 0.492 e. The van der Waals surface area contributed by atoms with E-state index in [-0.39, 0.29) is 0 Å². The van der Waals surface area contributed by atoms with Crippen LogP contribution in [0.15, 0.2) is 134 Å². The van der Waals surface area contributed by atoms with E-state index in [9.17, 15) is 0 Å². The second-order valence-electron chi connectivity index (χ2n) is 9.76. The van der Waals surface area contributed by atoms with Gasteiger partial charge in [-0.05, 0) is 22.3 Å². The molecule has 0 N–H and O–H groups in total. The van der Waals surface area contributed by atoms with Crippen LogP contribution in [-0.2, 0) is 34.7 Å². The molecule has 4 aromatic carbocycles.